The number of rotatable bonds is 0. The average Bonchev–Trinajstić information content (AvgIpc) is 2.07. The molecule has 0 fully saturated rings. The van der Waals surface area contributed by atoms with E-state index in [-0.39, 0.29) is 10.8 Å². The molecule has 66 valence electrons. The van der Waals surface area contributed by atoms with E-state index in [1.54, 1.807) is 0 Å². The quantitative estimate of drug-likeness (QED) is 0.586. The Kier molecular flexibility index (Phi) is 1.72. The third kappa shape index (κ3) is 1.26. The van der Waals surface area contributed by atoms with Crippen LogP contribution in [0.2, 0.25) is 0 Å². The monoisotopic (exact) mass is 182 g/mol. The van der Waals surface area contributed by atoms with Crippen LogP contribution >= 0.6 is 0 Å². The van der Waals surface area contributed by atoms with Crippen molar-refractivity contribution in [3.05, 3.63) is 47.8 Å². The lowest BCUT2D eigenvalue weighted by Gasteiger charge is -2.00. The first-order valence-electron chi connectivity index (χ1n) is 3.72. The highest BCUT2D eigenvalue weighted by Crippen LogP contribution is 2.21. The molecule has 2 rings (SSSR count). The molecule has 0 aliphatic carbocycles. The van der Waals surface area contributed by atoms with Gasteiger partial charge in [0.15, 0.2) is 0 Å². The molecule has 0 saturated carbocycles. The molecular formula is C10H5F3. The van der Waals surface area contributed by atoms with Gasteiger partial charge < -0.3 is 0 Å². The lowest BCUT2D eigenvalue weighted by Crippen LogP contribution is -1.86. The number of hydrogen-bond donors (Lipinski definition) is 0. The first-order valence-corrected chi connectivity index (χ1v) is 3.72. The highest BCUT2D eigenvalue weighted by Gasteiger charge is 2.06. The van der Waals surface area contributed by atoms with Gasteiger partial charge in [-0.3, -0.25) is 0 Å². The zero-order valence-electron chi connectivity index (χ0n) is 6.52. The fraction of sp³-hybridized carbons (Fsp3) is 0. The summed E-state index contributed by atoms with van der Waals surface area (Å²) in [7, 11) is 0. The van der Waals surface area contributed by atoms with Gasteiger partial charge in [-0.1, -0.05) is 12.1 Å². The molecule has 0 unspecified atom stereocenters. The van der Waals surface area contributed by atoms with Gasteiger partial charge in [0, 0.05) is 16.8 Å². The fourth-order valence-corrected chi connectivity index (χ4v) is 1.27. The van der Waals surface area contributed by atoms with E-state index in [1.165, 1.54) is 18.2 Å². The summed E-state index contributed by atoms with van der Waals surface area (Å²) < 4.78 is 38.7. The van der Waals surface area contributed by atoms with Gasteiger partial charge in [-0.05, 0) is 12.1 Å². The van der Waals surface area contributed by atoms with Crippen LogP contribution in [0.1, 0.15) is 0 Å². The van der Waals surface area contributed by atoms with Crippen LogP contribution in [0.5, 0.6) is 0 Å². The summed E-state index contributed by atoms with van der Waals surface area (Å²) in [5.74, 6) is -2.12. The van der Waals surface area contributed by atoms with Crippen LogP contribution in [-0.4, -0.2) is 0 Å². The smallest absolute Gasteiger partial charge is 0.134 e. The normalized spacial score (nSPS) is 10.7. The standard InChI is InChI=1S/C10H5F3/c11-6-4-8-7(10(13)5-6)2-1-3-9(8)12/h1-5H. The Labute approximate surface area is 72.6 Å². The summed E-state index contributed by atoms with van der Waals surface area (Å²) >= 11 is 0. The maximum Gasteiger partial charge on any atom is 0.134 e. The van der Waals surface area contributed by atoms with Crippen molar-refractivity contribution in [2.45, 2.75) is 0 Å². The van der Waals surface area contributed by atoms with E-state index in [0.717, 1.165) is 12.1 Å². The molecule has 13 heavy (non-hydrogen) atoms. The SMILES string of the molecule is Fc1cc(F)c2cccc(F)c2c1. The molecule has 0 saturated heterocycles. The molecule has 0 N–H and O–H groups in total. The van der Waals surface area contributed by atoms with E-state index in [2.05, 4.69) is 0 Å². The van der Waals surface area contributed by atoms with Crippen LogP contribution in [0.3, 0.4) is 0 Å². The third-order valence-electron chi connectivity index (χ3n) is 1.86. The van der Waals surface area contributed by atoms with Crippen molar-refractivity contribution in [1.82, 2.24) is 0 Å². The zero-order chi connectivity index (χ0) is 9.42. The van der Waals surface area contributed by atoms with Gasteiger partial charge in [0.25, 0.3) is 0 Å². The number of benzene rings is 2. The molecule has 0 nitrogen and oxygen atoms in total. The average molecular weight is 182 g/mol. The van der Waals surface area contributed by atoms with E-state index in [1.807, 2.05) is 0 Å². The van der Waals surface area contributed by atoms with Gasteiger partial charge in [0.1, 0.15) is 17.5 Å². The Morgan fingerprint density at radius 3 is 2.31 bits per heavy atom. The first kappa shape index (κ1) is 8.10. The third-order valence-corrected chi connectivity index (χ3v) is 1.86. The highest BCUT2D eigenvalue weighted by atomic mass is 19.1. The Balaban J connectivity index is 2.94. The van der Waals surface area contributed by atoms with Crippen LogP contribution in [0.15, 0.2) is 30.3 Å². The molecule has 0 aliphatic heterocycles. The van der Waals surface area contributed by atoms with Gasteiger partial charge in [0.2, 0.25) is 0 Å². The van der Waals surface area contributed by atoms with Gasteiger partial charge in [-0.15, -0.1) is 0 Å². The van der Waals surface area contributed by atoms with Crippen LogP contribution in [-0.2, 0) is 0 Å². The van der Waals surface area contributed by atoms with E-state index in [9.17, 15) is 13.2 Å². The Hall–Kier alpha value is -1.51. The van der Waals surface area contributed by atoms with Crippen LogP contribution in [0.25, 0.3) is 10.8 Å². The molecule has 0 atom stereocenters. The summed E-state index contributed by atoms with van der Waals surface area (Å²) in [6.07, 6.45) is 0. The highest BCUT2D eigenvalue weighted by molar-refractivity contribution is 5.83. The fourth-order valence-electron chi connectivity index (χ4n) is 1.27. The Morgan fingerprint density at radius 1 is 0.769 bits per heavy atom. The summed E-state index contributed by atoms with van der Waals surface area (Å²) in [5.41, 5.74) is 0. The van der Waals surface area contributed by atoms with Crippen LogP contribution in [0, 0.1) is 17.5 Å². The van der Waals surface area contributed by atoms with Crippen molar-refractivity contribution in [3.63, 3.8) is 0 Å². The second kappa shape index (κ2) is 2.76. The minimum atomic E-state index is -0.768. The Bertz CT molecular complexity index is 463. The van der Waals surface area contributed by atoms with Crippen molar-refractivity contribution in [2.24, 2.45) is 0 Å². The minimum Gasteiger partial charge on any atom is -0.207 e. The topological polar surface area (TPSA) is 0 Å². The van der Waals surface area contributed by atoms with Crippen molar-refractivity contribution < 1.29 is 13.2 Å². The first-order chi connectivity index (χ1) is 6.18. The zero-order valence-corrected chi connectivity index (χ0v) is 6.52. The molecular weight excluding hydrogens is 177 g/mol. The lowest BCUT2D eigenvalue weighted by molar-refractivity contribution is 0.588. The second-order valence-corrected chi connectivity index (χ2v) is 2.72. The van der Waals surface area contributed by atoms with Crippen molar-refractivity contribution in [3.8, 4) is 0 Å². The van der Waals surface area contributed by atoms with Crippen LogP contribution < -0.4 is 0 Å². The molecule has 0 aliphatic rings. The molecule has 3 heteroatoms. The molecule has 0 amide bonds. The molecule has 0 radical (unpaired) electrons. The Morgan fingerprint density at radius 2 is 1.54 bits per heavy atom. The molecule has 0 spiro atoms. The number of halogens is 3. The molecule has 2 aromatic rings. The van der Waals surface area contributed by atoms with E-state index < -0.39 is 17.5 Å². The summed E-state index contributed by atoms with van der Waals surface area (Å²) in [6, 6.07) is 5.68. The summed E-state index contributed by atoms with van der Waals surface area (Å²) in [4.78, 5) is 0. The van der Waals surface area contributed by atoms with E-state index >= 15 is 0 Å². The van der Waals surface area contributed by atoms with Gasteiger partial charge in [-0.25, -0.2) is 13.2 Å². The molecule has 0 bridgehead atoms. The number of fused-ring (bicyclic) bond motifs is 1. The van der Waals surface area contributed by atoms with Gasteiger partial charge in [0.05, 0.1) is 0 Å². The van der Waals surface area contributed by atoms with Crippen molar-refractivity contribution >= 4 is 10.8 Å². The largest absolute Gasteiger partial charge is 0.207 e. The van der Waals surface area contributed by atoms with Crippen molar-refractivity contribution in [1.29, 1.82) is 0 Å². The van der Waals surface area contributed by atoms with Gasteiger partial charge >= 0.3 is 0 Å². The predicted octanol–water partition coefficient (Wildman–Crippen LogP) is 3.26. The predicted molar refractivity (Wildman–Crippen MR) is 43.8 cm³/mol. The number of hydrogen-bond acceptors (Lipinski definition) is 0. The molecule has 0 heterocycles. The summed E-state index contributed by atoms with van der Waals surface area (Å²) in [5, 5.41) is 0.0707. The molecule has 0 aromatic heterocycles. The van der Waals surface area contributed by atoms with E-state index in [4.69, 9.17) is 0 Å². The maximum absolute atomic E-state index is 13.0. The maximum atomic E-state index is 13.0. The lowest BCUT2D eigenvalue weighted by atomic mass is 10.1. The van der Waals surface area contributed by atoms with E-state index in [0.29, 0.717) is 0 Å². The summed E-state index contributed by atoms with van der Waals surface area (Å²) in [6.45, 7) is 0. The second-order valence-electron chi connectivity index (χ2n) is 2.72. The molecule has 2 aromatic carbocycles. The van der Waals surface area contributed by atoms with Crippen molar-refractivity contribution in [2.75, 3.05) is 0 Å². The van der Waals surface area contributed by atoms with Crippen LogP contribution in [0.4, 0.5) is 13.2 Å². The van der Waals surface area contributed by atoms with Gasteiger partial charge in [-0.2, -0.15) is 0 Å². The minimum absolute atomic E-state index is 0.0278.